The average molecular weight is 390 g/mol. The number of rotatable bonds is 5. The van der Waals surface area contributed by atoms with E-state index < -0.39 is 4.92 Å². The Morgan fingerprint density at radius 2 is 1.86 bits per heavy atom. The van der Waals surface area contributed by atoms with Crippen LogP contribution in [-0.4, -0.2) is 30.3 Å². The van der Waals surface area contributed by atoms with Gasteiger partial charge in [-0.2, -0.15) is 5.10 Å². The van der Waals surface area contributed by atoms with E-state index in [1.165, 1.54) is 0 Å². The first kappa shape index (κ1) is 18.4. The van der Waals surface area contributed by atoms with Gasteiger partial charge < -0.3 is 0 Å². The quantitative estimate of drug-likeness (QED) is 0.416. The van der Waals surface area contributed by atoms with E-state index in [1.54, 1.807) is 41.7 Å². The lowest BCUT2D eigenvalue weighted by molar-refractivity contribution is -0.386. The van der Waals surface area contributed by atoms with Gasteiger partial charge >= 0.3 is 5.69 Å². The maximum atomic E-state index is 12.6. The molecule has 0 unspecified atom stereocenters. The Hall–Kier alpha value is -4.01. The highest BCUT2D eigenvalue weighted by Gasteiger charge is 2.21. The van der Waals surface area contributed by atoms with Crippen LogP contribution in [0.4, 0.5) is 5.69 Å². The number of para-hydroxylation sites is 2. The summed E-state index contributed by atoms with van der Waals surface area (Å²) in [6, 6.07) is 14.6. The molecule has 2 heterocycles. The third-order valence-electron chi connectivity index (χ3n) is 4.75. The standard InChI is InChI=1S/C20H18N6O3/c1-13-19(26(28)29)14(2)24(22-13)11-15-7-9-16(10-8-15)20(27)23-25-12-21-17-5-3-4-6-18(17)25/h3-10,12H,11H2,1-2H3,(H,23,27). The largest absolute Gasteiger partial charge is 0.312 e. The zero-order chi connectivity index (χ0) is 20.5. The maximum absolute atomic E-state index is 12.6. The normalized spacial score (nSPS) is 11.0. The number of nitrogens with one attached hydrogen (secondary N) is 1. The summed E-state index contributed by atoms with van der Waals surface area (Å²) < 4.78 is 3.18. The Morgan fingerprint density at radius 3 is 2.55 bits per heavy atom. The molecule has 4 aromatic rings. The van der Waals surface area contributed by atoms with Crippen LogP contribution in [0.3, 0.4) is 0 Å². The van der Waals surface area contributed by atoms with E-state index in [-0.39, 0.29) is 11.6 Å². The Kier molecular flexibility index (Phi) is 4.55. The van der Waals surface area contributed by atoms with Gasteiger partial charge in [-0.1, -0.05) is 24.3 Å². The number of fused-ring (bicyclic) bond motifs is 1. The van der Waals surface area contributed by atoms with Crippen molar-refractivity contribution in [1.29, 1.82) is 0 Å². The second kappa shape index (κ2) is 7.19. The molecule has 0 bridgehead atoms. The molecule has 0 fully saturated rings. The molecule has 9 heteroatoms. The molecular formula is C20H18N6O3. The number of amides is 1. The van der Waals surface area contributed by atoms with Gasteiger partial charge in [0.1, 0.15) is 17.7 Å². The fraction of sp³-hybridized carbons (Fsp3) is 0.150. The lowest BCUT2D eigenvalue weighted by Gasteiger charge is -2.08. The molecule has 0 aliphatic heterocycles. The molecule has 0 saturated heterocycles. The second-order valence-corrected chi connectivity index (χ2v) is 6.68. The van der Waals surface area contributed by atoms with Crippen molar-refractivity contribution in [2.45, 2.75) is 20.4 Å². The summed E-state index contributed by atoms with van der Waals surface area (Å²) in [5.41, 5.74) is 6.71. The number of hydrogen-bond donors (Lipinski definition) is 1. The molecule has 0 aliphatic carbocycles. The van der Waals surface area contributed by atoms with Crippen LogP contribution in [0.5, 0.6) is 0 Å². The molecule has 0 radical (unpaired) electrons. The molecule has 0 aliphatic rings. The van der Waals surface area contributed by atoms with E-state index in [9.17, 15) is 14.9 Å². The predicted octanol–water partition coefficient (Wildman–Crippen LogP) is 3.19. The monoisotopic (exact) mass is 390 g/mol. The van der Waals surface area contributed by atoms with Crippen LogP contribution in [0.15, 0.2) is 54.9 Å². The molecule has 29 heavy (non-hydrogen) atoms. The first-order chi connectivity index (χ1) is 13.9. The van der Waals surface area contributed by atoms with E-state index in [4.69, 9.17) is 0 Å². The molecule has 0 atom stereocenters. The lowest BCUT2D eigenvalue weighted by atomic mass is 10.1. The van der Waals surface area contributed by atoms with E-state index in [0.717, 1.165) is 16.6 Å². The number of benzene rings is 2. The lowest BCUT2D eigenvalue weighted by Crippen LogP contribution is -2.22. The number of nitro groups is 1. The summed E-state index contributed by atoms with van der Waals surface area (Å²) in [6.07, 6.45) is 1.56. The molecule has 1 N–H and O–H groups in total. The van der Waals surface area contributed by atoms with Gasteiger partial charge in [0, 0.05) is 5.56 Å². The highest BCUT2D eigenvalue weighted by atomic mass is 16.6. The van der Waals surface area contributed by atoms with E-state index >= 15 is 0 Å². The van der Waals surface area contributed by atoms with Crippen molar-refractivity contribution in [2.75, 3.05) is 5.43 Å². The van der Waals surface area contributed by atoms with Crippen molar-refractivity contribution in [2.24, 2.45) is 0 Å². The number of imidazole rings is 1. The van der Waals surface area contributed by atoms with Gasteiger partial charge in [-0.15, -0.1) is 0 Å². The van der Waals surface area contributed by atoms with Crippen molar-refractivity contribution in [3.8, 4) is 0 Å². The summed E-state index contributed by atoms with van der Waals surface area (Å²) in [5, 5.41) is 15.4. The van der Waals surface area contributed by atoms with Gasteiger partial charge in [0.2, 0.25) is 0 Å². The minimum Gasteiger partial charge on any atom is -0.267 e. The summed E-state index contributed by atoms with van der Waals surface area (Å²) >= 11 is 0. The van der Waals surface area contributed by atoms with Crippen LogP contribution < -0.4 is 5.43 Å². The first-order valence-corrected chi connectivity index (χ1v) is 8.95. The number of aryl methyl sites for hydroxylation is 1. The second-order valence-electron chi connectivity index (χ2n) is 6.68. The van der Waals surface area contributed by atoms with Crippen LogP contribution in [0.2, 0.25) is 0 Å². The minimum absolute atomic E-state index is 0.0357. The van der Waals surface area contributed by atoms with Crippen LogP contribution in [0, 0.1) is 24.0 Å². The zero-order valence-electron chi connectivity index (χ0n) is 15.9. The Balaban J connectivity index is 1.50. The van der Waals surface area contributed by atoms with Gasteiger partial charge in [0.15, 0.2) is 0 Å². The molecule has 1 amide bonds. The summed E-state index contributed by atoms with van der Waals surface area (Å²) in [7, 11) is 0. The van der Waals surface area contributed by atoms with Crippen LogP contribution in [0.25, 0.3) is 11.0 Å². The molecule has 0 spiro atoms. The summed E-state index contributed by atoms with van der Waals surface area (Å²) in [4.78, 5) is 27.5. The van der Waals surface area contributed by atoms with E-state index in [0.29, 0.717) is 23.5 Å². The summed E-state index contributed by atoms with van der Waals surface area (Å²) in [6.45, 7) is 3.68. The Bertz CT molecular complexity index is 1220. The molecule has 2 aromatic carbocycles. The summed E-state index contributed by atoms with van der Waals surface area (Å²) in [5.74, 6) is -0.263. The maximum Gasteiger partial charge on any atom is 0.312 e. The molecule has 9 nitrogen and oxygen atoms in total. The van der Waals surface area contributed by atoms with Gasteiger partial charge in [-0.25, -0.2) is 9.66 Å². The number of carbonyl (C=O) groups excluding carboxylic acids is 1. The van der Waals surface area contributed by atoms with Crippen molar-refractivity contribution in [3.05, 3.63) is 87.5 Å². The minimum atomic E-state index is -0.415. The van der Waals surface area contributed by atoms with E-state index in [1.807, 2.05) is 36.4 Å². The smallest absolute Gasteiger partial charge is 0.267 e. The third-order valence-corrected chi connectivity index (χ3v) is 4.75. The van der Waals surface area contributed by atoms with E-state index in [2.05, 4.69) is 15.5 Å². The molecule has 146 valence electrons. The van der Waals surface area contributed by atoms with Gasteiger partial charge in [-0.3, -0.25) is 25.0 Å². The Labute approximate surface area is 165 Å². The SMILES string of the molecule is Cc1nn(Cc2ccc(C(=O)Nn3cnc4ccccc43)cc2)c(C)c1[N+](=O)[O-]. The zero-order valence-corrected chi connectivity index (χ0v) is 15.9. The topological polar surface area (TPSA) is 108 Å². The van der Waals surface area contributed by atoms with Crippen LogP contribution in [-0.2, 0) is 6.54 Å². The number of nitrogens with zero attached hydrogens (tertiary/aromatic N) is 5. The Morgan fingerprint density at radius 1 is 1.14 bits per heavy atom. The van der Waals surface area contributed by atoms with Crippen molar-refractivity contribution < 1.29 is 9.72 Å². The molecule has 4 rings (SSSR count). The van der Waals surface area contributed by atoms with Gasteiger partial charge in [0.05, 0.1) is 22.5 Å². The first-order valence-electron chi connectivity index (χ1n) is 8.95. The molecular weight excluding hydrogens is 372 g/mol. The fourth-order valence-electron chi connectivity index (χ4n) is 3.26. The molecule has 2 aromatic heterocycles. The van der Waals surface area contributed by atoms with Gasteiger partial charge in [-0.05, 0) is 43.7 Å². The van der Waals surface area contributed by atoms with Crippen LogP contribution >= 0.6 is 0 Å². The number of aromatic nitrogens is 4. The van der Waals surface area contributed by atoms with Crippen LogP contribution in [0.1, 0.15) is 27.3 Å². The van der Waals surface area contributed by atoms with Crippen molar-refractivity contribution in [1.82, 2.24) is 19.4 Å². The highest BCUT2D eigenvalue weighted by molar-refractivity contribution is 6.00. The predicted molar refractivity (Wildman–Crippen MR) is 107 cm³/mol. The third kappa shape index (κ3) is 3.45. The molecule has 0 saturated carbocycles. The van der Waals surface area contributed by atoms with Crippen molar-refractivity contribution in [3.63, 3.8) is 0 Å². The highest BCUT2D eigenvalue weighted by Crippen LogP contribution is 2.22. The average Bonchev–Trinajstić information content (AvgIpc) is 3.23. The number of hydrogen-bond acceptors (Lipinski definition) is 5. The van der Waals surface area contributed by atoms with Crippen molar-refractivity contribution >= 4 is 22.6 Å². The van der Waals surface area contributed by atoms with Gasteiger partial charge in [0.25, 0.3) is 5.91 Å². The number of carbonyl (C=O) groups is 1. The fourth-order valence-corrected chi connectivity index (χ4v) is 3.26.